The largest absolute Gasteiger partial charge is 0.631 e. The van der Waals surface area contributed by atoms with Crippen LogP contribution in [0, 0.1) is 0 Å². The zero-order valence-corrected chi connectivity index (χ0v) is 8.53. The third-order valence-electron chi connectivity index (χ3n) is 1.51. The first-order valence-corrected chi connectivity index (χ1v) is 4.25. The van der Waals surface area contributed by atoms with Crippen LogP contribution in [-0.2, 0) is 4.79 Å². The molecule has 0 unspecified atom stereocenters. The van der Waals surface area contributed by atoms with Crippen LogP contribution < -0.4 is 0 Å². The van der Waals surface area contributed by atoms with Gasteiger partial charge in [0.25, 0.3) is 0 Å². The summed E-state index contributed by atoms with van der Waals surface area (Å²) in [6.07, 6.45) is -7.84. The molecule has 0 aliphatic heterocycles. The molecule has 0 bridgehead atoms. The fourth-order valence-corrected chi connectivity index (χ4v) is 0.668. The molecule has 0 rings (SSSR count). The van der Waals surface area contributed by atoms with Crippen molar-refractivity contribution in [3.8, 4) is 0 Å². The van der Waals surface area contributed by atoms with Crippen molar-refractivity contribution in [1.29, 1.82) is 0 Å². The van der Waals surface area contributed by atoms with Crippen LogP contribution in [0.25, 0.3) is 0 Å². The highest BCUT2D eigenvalue weighted by atomic mass is 16.5. The van der Waals surface area contributed by atoms with Gasteiger partial charge >= 0.3 is 13.3 Å². The minimum atomic E-state index is -2.20. The van der Waals surface area contributed by atoms with Crippen LogP contribution in [-0.4, -0.2) is 90.0 Å². The molecule has 10 nitrogen and oxygen atoms in total. The normalized spacial score (nSPS) is 17.2. The maximum atomic E-state index is 10.1. The molecule has 4 atom stereocenters. The molecule has 0 saturated heterocycles. The summed E-state index contributed by atoms with van der Waals surface area (Å²) in [4.78, 5) is 10.1. The van der Waals surface area contributed by atoms with E-state index in [1.165, 1.54) is 0 Å². The van der Waals surface area contributed by atoms with E-state index in [9.17, 15) is 4.79 Å². The number of carboxylic acids is 1. The van der Waals surface area contributed by atoms with Gasteiger partial charge in [0.05, 0.1) is 6.61 Å². The molecule has 0 aromatic carbocycles. The number of carbonyl (C=O) groups is 1. The van der Waals surface area contributed by atoms with E-state index >= 15 is 0 Å². The maximum absolute atomic E-state index is 10.1. The van der Waals surface area contributed by atoms with Crippen LogP contribution in [0.5, 0.6) is 0 Å². The molecular formula is C6H15BO10. The average molecular weight is 258 g/mol. The van der Waals surface area contributed by atoms with E-state index in [-0.39, 0.29) is 0 Å². The van der Waals surface area contributed by atoms with Crippen LogP contribution in [0.15, 0.2) is 0 Å². The van der Waals surface area contributed by atoms with E-state index in [1.807, 2.05) is 0 Å². The number of carboxylic acid groups (broad SMARTS) is 1. The van der Waals surface area contributed by atoms with Crippen molar-refractivity contribution in [3.05, 3.63) is 0 Å². The number of aliphatic hydroxyl groups is 5. The lowest BCUT2D eigenvalue weighted by Gasteiger charge is -2.23. The molecule has 17 heavy (non-hydrogen) atoms. The molecule has 0 aliphatic rings. The molecule has 0 aromatic heterocycles. The SMILES string of the molecule is O=C(O)[C@H](O)[C@@H](O)[C@H](O)[C@H](O)CO.OB(O)O. The Labute approximate surface area is 95.8 Å². The second-order valence-electron chi connectivity index (χ2n) is 2.86. The van der Waals surface area contributed by atoms with Gasteiger partial charge in [-0.1, -0.05) is 0 Å². The summed E-state index contributed by atoms with van der Waals surface area (Å²) in [5, 5.41) is 73.3. The third kappa shape index (κ3) is 8.97. The Bertz CT molecular complexity index is 208. The summed E-state index contributed by atoms with van der Waals surface area (Å²) in [6.45, 7) is -0.843. The van der Waals surface area contributed by atoms with Gasteiger partial charge in [0, 0.05) is 0 Å². The van der Waals surface area contributed by atoms with Crippen LogP contribution in [0.3, 0.4) is 0 Å². The second-order valence-corrected chi connectivity index (χ2v) is 2.86. The molecule has 11 heteroatoms. The predicted octanol–water partition coefficient (Wildman–Crippen LogP) is -5.54. The van der Waals surface area contributed by atoms with Crippen molar-refractivity contribution in [2.45, 2.75) is 24.4 Å². The van der Waals surface area contributed by atoms with Gasteiger partial charge in [-0.15, -0.1) is 0 Å². The molecular weight excluding hydrogens is 243 g/mol. The quantitative estimate of drug-likeness (QED) is 0.214. The first-order valence-electron chi connectivity index (χ1n) is 4.25. The summed E-state index contributed by atoms with van der Waals surface area (Å²) in [7, 11) is -2.17. The van der Waals surface area contributed by atoms with Crippen LogP contribution in [0.4, 0.5) is 0 Å². The molecule has 0 aromatic rings. The molecule has 0 saturated carbocycles. The molecule has 0 heterocycles. The standard InChI is InChI=1S/C6H12O7.BH3O3/c7-1-2(8)3(9)4(10)5(11)6(12)13;2-1(3)4/h2-5,7-11H,1H2,(H,12,13);2-4H/t2-,3-,4+,5-;/m1./s1. The molecule has 0 radical (unpaired) electrons. The highest BCUT2D eigenvalue weighted by Crippen LogP contribution is 2.04. The van der Waals surface area contributed by atoms with Gasteiger partial charge in [0.1, 0.15) is 18.3 Å². The summed E-state index contributed by atoms with van der Waals surface area (Å²) >= 11 is 0. The van der Waals surface area contributed by atoms with Crippen LogP contribution >= 0.6 is 0 Å². The average Bonchev–Trinajstić information content (AvgIpc) is 2.23. The number of aliphatic carboxylic acids is 1. The third-order valence-corrected chi connectivity index (χ3v) is 1.51. The van der Waals surface area contributed by atoms with Crippen molar-refractivity contribution < 1.29 is 50.5 Å². The lowest BCUT2D eigenvalue weighted by atomic mass is 10.0. The summed E-state index contributed by atoms with van der Waals surface area (Å²) in [5.74, 6) is -1.73. The van der Waals surface area contributed by atoms with E-state index in [0.717, 1.165) is 0 Å². The van der Waals surface area contributed by atoms with Gasteiger partial charge in [-0.25, -0.2) is 4.79 Å². The lowest BCUT2D eigenvalue weighted by Crippen LogP contribution is -2.48. The Kier molecular flexibility index (Phi) is 10.1. The van der Waals surface area contributed by atoms with Crippen molar-refractivity contribution >= 4 is 13.3 Å². The second kappa shape index (κ2) is 9.27. The maximum Gasteiger partial charge on any atom is 0.631 e. The fourth-order valence-electron chi connectivity index (χ4n) is 0.668. The van der Waals surface area contributed by atoms with Gasteiger partial charge in [-0.2, -0.15) is 0 Å². The highest BCUT2D eigenvalue weighted by Gasteiger charge is 2.33. The fraction of sp³-hybridized carbons (Fsp3) is 0.833. The van der Waals surface area contributed by atoms with Crippen molar-refractivity contribution in [2.75, 3.05) is 6.61 Å². The first kappa shape index (κ1) is 18.6. The predicted molar refractivity (Wildman–Crippen MR) is 51.2 cm³/mol. The van der Waals surface area contributed by atoms with Crippen molar-refractivity contribution in [2.24, 2.45) is 0 Å². The van der Waals surface area contributed by atoms with Crippen molar-refractivity contribution in [3.63, 3.8) is 0 Å². The molecule has 0 spiro atoms. The minimum Gasteiger partial charge on any atom is -0.479 e. The van der Waals surface area contributed by atoms with Gasteiger partial charge in [-0.05, 0) is 0 Å². The van der Waals surface area contributed by atoms with Crippen molar-refractivity contribution in [1.82, 2.24) is 0 Å². The van der Waals surface area contributed by atoms with E-state index in [2.05, 4.69) is 0 Å². The highest BCUT2D eigenvalue weighted by molar-refractivity contribution is 6.30. The van der Waals surface area contributed by atoms with Gasteiger partial charge in [0.2, 0.25) is 0 Å². The monoisotopic (exact) mass is 258 g/mol. The van der Waals surface area contributed by atoms with E-state index in [4.69, 9.17) is 45.7 Å². The lowest BCUT2D eigenvalue weighted by molar-refractivity contribution is -0.164. The Morgan fingerprint density at radius 3 is 1.59 bits per heavy atom. The number of hydrogen-bond acceptors (Lipinski definition) is 9. The van der Waals surface area contributed by atoms with E-state index < -0.39 is 44.3 Å². The molecule has 102 valence electrons. The summed E-state index contributed by atoms with van der Waals surface area (Å²) in [6, 6.07) is 0. The number of hydrogen-bond donors (Lipinski definition) is 9. The van der Waals surface area contributed by atoms with Crippen LogP contribution in [0.2, 0.25) is 0 Å². The first-order chi connectivity index (χ1) is 7.64. The Balaban J connectivity index is 0. The topological polar surface area (TPSA) is 199 Å². The van der Waals surface area contributed by atoms with E-state index in [1.54, 1.807) is 0 Å². The summed E-state index contributed by atoms with van der Waals surface area (Å²) < 4.78 is 0. The smallest absolute Gasteiger partial charge is 0.479 e. The zero-order valence-electron chi connectivity index (χ0n) is 8.53. The Morgan fingerprint density at radius 1 is 1.00 bits per heavy atom. The number of aliphatic hydroxyl groups excluding tert-OH is 5. The van der Waals surface area contributed by atoms with E-state index in [0.29, 0.717) is 0 Å². The number of rotatable bonds is 5. The van der Waals surface area contributed by atoms with Gasteiger partial charge in [-0.3, -0.25) is 0 Å². The summed E-state index contributed by atoms with van der Waals surface area (Å²) in [5.41, 5.74) is 0. The molecule has 0 aliphatic carbocycles. The molecule has 9 N–H and O–H groups in total. The van der Waals surface area contributed by atoms with Gasteiger partial charge in [0.15, 0.2) is 6.10 Å². The van der Waals surface area contributed by atoms with Crippen LogP contribution in [0.1, 0.15) is 0 Å². The zero-order chi connectivity index (χ0) is 14.2. The Morgan fingerprint density at radius 2 is 1.35 bits per heavy atom. The minimum absolute atomic E-state index is 0.843. The molecule has 0 amide bonds. The molecule has 0 fully saturated rings. The Hall–Kier alpha value is -0.785. The van der Waals surface area contributed by atoms with Gasteiger partial charge < -0.3 is 45.7 Å².